The van der Waals surface area contributed by atoms with Crippen molar-refractivity contribution in [2.24, 2.45) is 0 Å². The quantitative estimate of drug-likeness (QED) is 0.404. The number of thiophene rings is 1. The van der Waals surface area contributed by atoms with Crippen molar-refractivity contribution in [3.63, 3.8) is 0 Å². The van der Waals surface area contributed by atoms with Crippen LogP contribution in [0, 0.1) is 13.8 Å². The molecule has 0 saturated heterocycles. The smallest absolute Gasteiger partial charge is 0.272 e. The normalized spacial score (nSPS) is 11.0. The van der Waals surface area contributed by atoms with E-state index < -0.39 is 5.91 Å². The van der Waals surface area contributed by atoms with Gasteiger partial charge in [0.15, 0.2) is 5.82 Å². The van der Waals surface area contributed by atoms with E-state index >= 15 is 0 Å². The number of carbonyl (C=O) groups excluding carboxylic acids is 2. The fourth-order valence-corrected chi connectivity index (χ4v) is 4.92. The second kappa shape index (κ2) is 8.34. The number of rotatable bonds is 4. The minimum atomic E-state index is -0.390. The number of anilines is 1. The maximum atomic E-state index is 13.4. The van der Waals surface area contributed by atoms with Crippen LogP contribution in [-0.4, -0.2) is 28.4 Å². The lowest BCUT2D eigenvalue weighted by Crippen LogP contribution is -2.23. The van der Waals surface area contributed by atoms with Gasteiger partial charge in [0.1, 0.15) is 10.5 Å². The third kappa shape index (κ3) is 3.92. The summed E-state index contributed by atoms with van der Waals surface area (Å²) in [7, 11) is 1.52. The monoisotopic (exact) mass is 472 g/mol. The van der Waals surface area contributed by atoms with Gasteiger partial charge < -0.3 is 10.6 Å². The fraction of sp³-hybridized carbons (Fsp3) is 0.136. The van der Waals surface area contributed by atoms with E-state index in [9.17, 15) is 9.59 Å². The van der Waals surface area contributed by atoms with Crippen LogP contribution in [0.2, 0.25) is 10.0 Å². The average molecular weight is 473 g/mol. The van der Waals surface area contributed by atoms with Gasteiger partial charge in [0, 0.05) is 28.5 Å². The summed E-state index contributed by atoms with van der Waals surface area (Å²) in [5.74, 6) is -0.274. The zero-order valence-electron chi connectivity index (χ0n) is 16.9. The number of hydrogen-bond acceptors (Lipinski definition) is 4. The van der Waals surface area contributed by atoms with Crippen LogP contribution in [0.5, 0.6) is 0 Å². The van der Waals surface area contributed by atoms with Crippen LogP contribution in [0.15, 0.2) is 42.6 Å². The van der Waals surface area contributed by atoms with Crippen molar-refractivity contribution in [3.8, 4) is 5.82 Å². The Morgan fingerprint density at radius 3 is 2.58 bits per heavy atom. The van der Waals surface area contributed by atoms with Crippen molar-refractivity contribution in [2.75, 3.05) is 12.4 Å². The standard InChI is InChI=1S/C22H18Cl2N4O2S/c1-11-7-14(23)10-15(20(29)25-3)18(11)27-21(30)17-9-13-8-12(2)31-22(13)28(17)19-16(24)5-4-6-26-19/h4-10H,1-3H3,(H,25,29)(H,27,30). The van der Waals surface area contributed by atoms with Gasteiger partial charge >= 0.3 is 0 Å². The molecule has 0 bridgehead atoms. The molecule has 0 unspecified atom stereocenters. The Morgan fingerprint density at radius 1 is 1.10 bits per heavy atom. The predicted molar refractivity (Wildman–Crippen MR) is 126 cm³/mol. The van der Waals surface area contributed by atoms with Gasteiger partial charge in [-0.1, -0.05) is 23.2 Å². The molecular formula is C22H18Cl2N4O2S. The highest BCUT2D eigenvalue weighted by atomic mass is 35.5. The maximum Gasteiger partial charge on any atom is 0.272 e. The molecule has 4 aromatic rings. The summed E-state index contributed by atoms with van der Waals surface area (Å²) in [5.41, 5.74) is 1.71. The van der Waals surface area contributed by atoms with Gasteiger partial charge in [-0.15, -0.1) is 11.3 Å². The van der Waals surface area contributed by atoms with Crippen molar-refractivity contribution in [2.45, 2.75) is 13.8 Å². The van der Waals surface area contributed by atoms with Gasteiger partial charge in [-0.05, 0) is 55.8 Å². The van der Waals surface area contributed by atoms with Gasteiger partial charge in [-0.25, -0.2) is 4.98 Å². The minimum absolute atomic E-state index is 0.285. The first-order valence-electron chi connectivity index (χ1n) is 9.36. The maximum absolute atomic E-state index is 13.4. The van der Waals surface area contributed by atoms with E-state index in [1.165, 1.54) is 13.1 Å². The van der Waals surface area contributed by atoms with Crippen LogP contribution in [0.1, 0.15) is 31.3 Å². The molecule has 9 heteroatoms. The number of halogens is 2. The molecule has 4 rings (SSSR count). The van der Waals surface area contributed by atoms with E-state index in [0.717, 1.165) is 15.1 Å². The number of aromatic nitrogens is 2. The highest BCUT2D eigenvalue weighted by molar-refractivity contribution is 7.18. The molecule has 0 atom stereocenters. The van der Waals surface area contributed by atoms with Gasteiger partial charge in [-0.2, -0.15) is 0 Å². The van der Waals surface area contributed by atoms with Crippen molar-refractivity contribution in [1.82, 2.24) is 14.9 Å². The summed E-state index contributed by atoms with van der Waals surface area (Å²) >= 11 is 14.1. The zero-order chi connectivity index (χ0) is 22.3. The summed E-state index contributed by atoms with van der Waals surface area (Å²) < 4.78 is 1.75. The lowest BCUT2D eigenvalue weighted by Gasteiger charge is -2.15. The lowest BCUT2D eigenvalue weighted by atomic mass is 10.1. The molecular weight excluding hydrogens is 455 g/mol. The Balaban J connectivity index is 1.85. The van der Waals surface area contributed by atoms with Gasteiger partial charge in [-0.3, -0.25) is 14.2 Å². The molecule has 0 aliphatic rings. The molecule has 6 nitrogen and oxygen atoms in total. The van der Waals surface area contributed by atoms with Crippen molar-refractivity contribution in [3.05, 3.63) is 74.3 Å². The predicted octanol–water partition coefficient (Wildman–Crippen LogP) is 5.62. The third-order valence-corrected chi connectivity index (χ3v) is 6.36. The first-order chi connectivity index (χ1) is 14.8. The number of hydrogen-bond donors (Lipinski definition) is 2. The molecule has 0 saturated carbocycles. The second-order valence-electron chi connectivity index (χ2n) is 6.97. The fourth-order valence-electron chi connectivity index (χ4n) is 3.44. The molecule has 3 heterocycles. The molecule has 0 fully saturated rings. The first-order valence-corrected chi connectivity index (χ1v) is 10.9. The summed E-state index contributed by atoms with van der Waals surface area (Å²) in [6.45, 7) is 3.78. The number of pyridine rings is 1. The molecule has 2 N–H and O–H groups in total. The minimum Gasteiger partial charge on any atom is -0.355 e. The summed E-state index contributed by atoms with van der Waals surface area (Å²) in [5, 5.41) is 7.21. The highest BCUT2D eigenvalue weighted by Gasteiger charge is 2.23. The molecule has 2 amide bonds. The van der Waals surface area contributed by atoms with E-state index in [4.69, 9.17) is 23.2 Å². The SMILES string of the molecule is CNC(=O)c1cc(Cl)cc(C)c1NC(=O)c1cc2cc(C)sc2n1-c1ncccc1Cl. The van der Waals surface area contributed by atoms with Crippen LogP contribution in [0.3, 0.4) is 0 Å². The van der Waals surface area contributed by atoms with Gasteiger partial charge in [0.25, 0.3) is 11.8 Å². The molecule has 1 aromatic carbocycles. The van der Waals surface area contributed by atoms with E-state index in [0.29, 0.717) is 32.8 Å². The van der Waals surface area contributed by atoms with Crippen LogP contribution in [0.4, 0.5) is 5.69 Å². The Morgan fingerprint density at radius 2 is 1.87 bits per heavy atom. The number of nitrogens with zero attached hydrogens (tertiary/aromatic N) is 2. The van der Waals surface area contributed by atoms with Crippen molar-refractivity contribution >= 4 is 62.3 Å². The Kier molecular flexibility index (Phi) is 5.75. The Labute approximate surface area is 192 Å². The van der Waals surface area contributed by atoms with Crippen molar-refractivity contribution in [1.29, 1.82) is 0 Å². The largest absolute Gasteiger partial charge is 0.355 e. The molecule has 158 valence electrons. The van der Waals surface area contributed by atoms with Gasteiger partial charge in [0.05, 0.1) is 16.3 Å². The van der Waals surface area contributed by atoms with E-state index in [1.54, 1.807) is 53.3 Å². The average Bonchev–Trinajstić information content (AvgIpc) is 3.25. The third-order valence-electron chi connectivity index (χ3n) is 4.79. The lowest BCUT2D eigenvalue weighted by molar-refractivity contribution is 0.0964. The van der Waals surface area contributed by atoms with Crippen LogP contribution < -0.4 is 10.6 Å². The first kappa shape index (κ1) is 21.4. The van der Waals surface area contributed by atoms with Crippen LogP contribution >= 0.6 is 34.5 Å². The van der Waals surface area contributed by atoms with E-state index in [-0.39, 0.29) is 11.5 Å². The molecule has 0 aliphatic heterocycles. The second-order valence-corrected chi connectivity index (χ2v) is 9.05. The number of amides is 2. The van der Waals surface area contributed by atoms with Crippen molar-refractivity contribution < 1.29 is 9.59 Å². The molecule has 0 radical (unpaired) electrons. The topological polar surface area (TPSA) is 76.0 Å². The molecule has 0 spiro atoms. The molecule has 31 heavy (non-hydrogen) atoms. The number of carbonyl (C=O) groups is 2. The summed E-state index contributed by atoms with van der Waals surface area (Å²) in [6.07, 6.45) is 1.63. The van der Waals surface area contributed by atoms with Crippen LogP contribution in [0.25, 0.3) is 16.0 Å². The highest BCUT2D eigenvalue weighted by Crippen LogP contribution is 2.34. The van der Waals surface area contributed by atoms with Gasteiger partial charge in [0.2, 0.25) is 0 Å². The Hall–Kier alpha value is -2.87. The van der Waals surface area contributed by atoms with E-state index in [1.807, 2.05) is 13.0 Å². The number of fused-ring (bicyclic) bond motifs is 1. The van der Waals surface area contributed by atoms with Crippen LogP contribution in [-0.2, 0) is 0 Å². The number of benzene rings is 1. The number of nitrogens with one attached hydrogen (secondary N) is 2. The zero-order valence-corrected chi connectivity index (χ0v) is 19.2. The molecule has 3 aromatic heterocycles. The summed E-state index contributed by atoms with van der Waals surface area (Å²) in [4.78, 5) is 32.1. The molecule has 0 aliphatic carbocycles. The summed E-state index contributed by atoms with van der Waals surface area (Å²) in [6, 6.07) is 10.5. The number of aryl methyl sites for hydroxylation is 2. The van der Waals surface area contributed by atoms with E-state index in [2.05, 4.69) is 15.6 Å². The Bertz CT molecular complexity index is 1340.